The van der Waals surface area contributed by atoms with Crippen LogP contribution >= 0.6 is 0 Å². The van der Waals surface area contributed by atoms with Gasteiger partial charge in [-0.3, -0.25) is 4.79 Å². The SMILES string of the molecule is COC(=O)[C@@H](N)Cc1cn(COCC[Si](C)(C)C)nn1. The summed E-state index contributed by atoms with van der Waals surface area (Å²) < 4.78 is 11.7. The Bertz CT molecular complexity index is 431. The Morgan fingerprint density at radius 2 is 2.20 bits per heavy atom. The number of methoxy groups -OCH3 is 1. The number of nitrogens with zero attached hydrogens (tertiary/aromatic N) is 3. The number of nitrogens with two attached hydrogens (primary N) is 1. The van der Waals surface area contributed by atoms with Crippen molar-refractivity contribution in [1.29, 1.82) is 0 Å². The number of rotatable bonds is 8. The Labute approximate surface area is 120 Å². The Morgan fingerprint density at radius 1 is 1.50 bits per heavy atom. The second-order valence-electron chi connectivity index (χ2n) is 5.93. The molecule has 1 aromatic rings. The maximum atomic E-state index is 11.2. The van der Waals surface area contributed by atoms with Crippen LogP contribution in [0.5, 0.6) is 0 Å². The van der Waals surface area contributed by atoms with E-state index in [1.165, 1.54) is 7.11 Å². The first-order chi connectivity index (χ1) is 9.31. The van der Waals surface area contributed by atoms with Crippen LogP contribution in [-0.4, -0.2) is 48.8 Å². The van der Waals surface area contributed by atoms with Crippen molar-refractivity contribution in [3.63, 3.8) is 0 Å². The van der Waals surface area contributed by atoms with E-state index in [0.717, 1.165) is 12.7 Å². The van der Waals surface area contributed by atoms with E-state index in [4.69, 9.17) is 10.5 Å². The molecule has 0 bridgehead atoms. The summed E-state index contributed by atoms with van der Waals surface area (Å²) in [6.45, 7) is 8.01. The monoisotopic (exact) mass is 300 g/mol. The normalized spacial score (nSPS) is 13.2. The molecule has 20 heavy (non-hydrogen) atoms. The largest absolute Gasteiger partial charge is 0.468 e. The first-order valence-corrected chi connectivity index (χ1v) is 10.3. The molecule has 0 fully saturated rings. The molecule has 1 atom stereocenters. The molecular formula is C12H24N4O3Si. The van der Waals surface area contributed by atoms with E-state index in [9.17, 15) is 4.79 Å². The number of carbonyl (C=O) groups is 1. The van der Waals surface area contributed by atoms with E-state index in [1.807, 2.05) is 0 Å². The van der Waals surface area contributed by atoms with Crippen molar-refractivity contribution in [3.8, 4) is 0 Å². The lowest BCUT2D eigenvalue weighted by atomic mass is 10.2. The van der Waals surface area contributed by atoms with Crippen LogP contribution in [0, 0.1) is 0 Å². The summed E-state index contributed by atoms with van der Waals surface area (Å²) in [5.74, 6) is -0.453. The zero-order valence-electron chi connectivity index (χ0n) is 12.6. The third-order valence-electron chi connectivity index (χ3n) is 2.74. The second-order valence-corrected chi connectivity index (χ2v) is 11.6. The molecule has 1 heterocycles. The minimum atomic E-state index is -1.07. The molecule has 0 saturated carbocycles. The molecule has 0 radical (unpaired) electrons. The Hall–Kier alpha value is -1.25. The van der Waals surface area contributed by atoms with Gasteiger partial charge in [-0.1, -0.05) is 24.9 Å². The van der Waals surface area contributed by atoms with Crippen LogP contribution in [0.4, 0.5) is 0 Å². The highest BCUT2D eigenvalue weighted by atomic mass is 28.3. The third-order valence-corrected chi connectivity index (χ3v) is 4.44. The fourth-order valence-corrected chi connectivity index (χ4v) is 2.25. The zero-order valence-corrected chi connectivity index (χ0v) is 13.6. The molecule has 0 amide bonds. The number of hydrogen-bond donors (Lipinski definition) is 1. The highest BCUT2D eigenvalue weighted by Crippen LogP contribution is 2.07. The quantitative estimate of drug-likeness (QED) is 0.430. The summed E-state index contributed by atoms with van der Waals surface area (Å²) in [6, 6.07) is 0.403. The topological polar surface area (TPSA) is 92.3 Å². The first-order valence-electron chi connectivity index (χ1n) is 6.62. The minimum absolute atomic E-state index is 0.307. The maximum absolute atomic E-state index is 11.2. The van der Waals surface area contributed by atoms with Gasteiger partial charge in [-0.05, 0) is 6.04 Å². The van der Waals surface area contributed by atoms with Gasteiger partial charge in [0.05, 0.1) is 19.0 Å². The smallest absolute Gasteiger partial charge is 0.323 e. The molecule has 2 N–H and O–H groups in total. The molecule has 0 unspecified atom stereocenters. The number of aromatic nitrogens is 3. The molecule has 114 valence electrons. The Kier molecular flexibility index (Phi) is 6.31. The van der Waals surface area contributed by atoms with Gasteiger partial charge in [0.1, 0.15) is 12.8 Å². The Balaban J connectivity index is 2.34. The van der Waals surface area contributed by atoms with E-state index in [2.05, 4.69) is 34.7 Å². The molecule has 0 aliphatic carbocycles. The molecule has 1 aromatic heterocycles. The molecule has 0 aliphatic heterocycles. The molecule has 7 nitrogen and oxygen atoms in total. The van der Waals surface area contributed by atoms with Gasteiger partial charge >= 0.3 is 5.97 Å². The number of carbonyl (C=O) groups excluding carboxylic acids is 1. The molecule has 0 aliphatic rings. The van der Waals surface area contributed by atoms with Crippen molar-refractivity contribution >= 4 is 14.0 Å². The lowest BCUT2D eigenvalue weighted by Crippen LogP contribution is -2.33. The zero-order chi connectivity index (χ0) is 15.2. The molecule has 0 spiro atoms. The molecular weight excluding hydrogens is 276 g/mol. The van der Waals surface area contributed by atoms with Crippen LogP contribution in [0.15, 0.2) is 6.20 Å². The summed E-state index contributed by atoms with van der Waals surface area (Å²) in [5, 5.41) is 7.89. The van der Waals surface area contributed by atoms with Gasteiger partial charge in [-0.15, -0.1) is 5.10 Å². The predicted octanol–water partition coefficient (Wildman–Crippen LogP) is 0.633. The summed E-state index contributed by atoms with van der Waals surface area (Å²) in [7, 11) is 0.244. The average Bonchev–Trinajstić information content (AvgIpc) is 2.80. The van der Waals surface area contributed by atoms with E-state index >= 15 is 0 Å². The van der Waals surface area contributed by atoms with Crippen LogP contribution in [-0.2, 0) is 27.4 Å². The van der Waals surface area contributed by atoms with E-state index in [0.29, 0.717) is 18.8 Å². The maximum Gasteiger partial charge on any atom is 0.323 e. The number of hydrogen-bond acceptors (Lipinski definition) is 6. The van der Waals surface area contributed by atoms with Crippen LogP contribution in [0.3, 0.4) is 0 Å². The number of ether oxygens (including phenoxy) is 2. The van der Waals surface area contributed by atoms with Gasteiger partial charge in [0, 0.05) is 21.1 Å². The highest BCUT2D eigenvalue weighted by Gasteiger charge is 2.16. The van der Waals surface area contributed by atoms with Gasteiger partial charge in [-0.25, -0.2) is 4.68 Å². The Morgan fingerprint density at radius 3 is 2.80 bits per heavy atom. The van der Waals surface area contributed by atoms with Crippen LogP contribution in [0.2, 0.25) is 25.7 Å². The summed E-state index contributed by atoms with van der Waals surface area (Å²) in [5.41, 5.74) is 6.31. The van der Waals surface area contributed by atoms with E-state index < -0.39 is 20.1 Å². The minimum Gasteiger partial charge on any atom is -0.468 e. The molecule has 0 saturated heterocycles. The molecule has 1 rings (SSSR count). The highest BCUT2D eigenvalue weighted by molar-refractivity contribution is 6.76. The summed E-state index contributed by atoms with van der Waals surface area (Å²) >= 11 is 0. The summed E-state index contributed by atoms with van der Waals surface area (Å²) in [4.78, 5) is 11.2. The van der Waals surface area contributed by atoms with Gasteiger partial charge < -0.3 is 15.2 Å². The van der Waals surface area contributed by atoms with Crippen molar-refractivity contribution in [2.24, 2.45) is 5.73 Å². The number of esters is 1. The van der Waals surface area contributed by atoms with Crippen LogP contribution in [0.1, 0.15) is 5.69 Å². The average molecular weight is 300 g/mol. The van der Waals surface area contributed by atoms with Crippen molar-refractivity contribution in [2.75, 3.05) is 13.7 Å². The van der Waals surface area contributed by atoms with Crippen molar-refractivity contribution in [2.45, 2.75) is 44.9 Å². The first kappa shape index (κ1) is 16.8. The fraction of sp³-hybridized carbons (Fsp3) is 0.750. The molecule has 0 aromatic carbocycles. The van der Waals surface area contributed by atoms with Gasteiger partial charge in [0.25, 0.3) is 0 Å². The van der Waals surface area contributed by atoms with Crippen LogP contribution < -0.4 is 5.73 Å². The van der Waals surface area contributed by atoms with Crippen molar-refractivity contribution < 1.29 is 14.3 Å². The lowest BCUT2D eigenvalue weighted by Gasteiger charge is -2.15. The third kappa shape index (κ3) is 6.26. The van der Waals surface area contributed by atoms with Crippen molar-refractivity contribution in [1.82, 2.24) is 15.0 Å². The van der Waals surface area contributed by atoms with Crippen LogP contribution in [0.25, 0.3) is 0 Å². The van der Waals surface area contributed by atoms with Gasteiger partial charge in [0.2, 0.25) is 0 Å². The lowest BCUT2D eigenvalue weighted by molar-refractivity contribution is -0.142. The summed E-state index contributed by atoms with van der Waals surface area (Å²) in [6.07, 6.45) is 2.04. The second kappa shape index (κ2) is 7.51. The van der Waals surface area contributed by atoms with E-state index in [-0.39, 0.29) is 0 Å². The van der Waals surface area contributed by atoms with E-state index in [1.54, 1.807) is 10.9 Å². The predicted molar refractivity (Wildman–Crippen MR) is 77.8 cm³/mol. The fourth-order valence-electron chi connectivity index (χ4n) is 1.49. The van der Waals surface area contributed by atoms with Gasteiger partial charge in [0.15, 0.2) is 0 Å². The molecule has 8 heteroatoms. The van der Waals surface area contributed by atoms with Crippen molar-refractivity contribution in [3.05, 3.63) is 11.9 Å². The standard InChI is InChI=1S/C12H24N4O3Si/c1-18-12(17)11(13)7-10-8-16(15-14-10)9-19-5-6-20(2,3)4/h8,11H,5-7,9,13H2,1-4H3/t11-/m0/s1. The van der Waals surface area contributed by atoms with Gasteiger partial charge in [-0.2, -0.15) is 0 Å².